The zero-order valence-electron chi connectivity index (χ0n) is 13.1. The molecule has 118 valence electrons. The average molecular weight is 304 g/mol. The van der Waals surface area contributed by atoms with Gasteiger partial charge in [-0.3, -0.25) is 9.48 Å². The molecule has 0 saturated carbocycles. The first-order valence-corrected chi connectivity index (χ1v) is 6.77. The van der Waals surface area contributed by atoms with E-state index in [1.54, 1.807) is 63.6 Å². The maximum absolute atomic E-state index is 12.5. The van der Waals surface area contributed by atoms with Crippen LogP contribution in [0.2, 0.25) is 0 Å². The third-order valence-corrected chi connectivity index (χ3v) is 3.23. The van der Waals surface area contributed by atoms with Gasteiger partial charge in [-0.05, 0) is 7.05 Å². The molecule has 0 aliphatic carbocycles. The molecule has 0 aliphatic heterocycles. The molecule has 0 radical (unpaired) electrons. The number of carbonyl (C=O) groups excluding carboxylic acids is 1. The van der Waals surface area contributed by atoms with Crippen molar-refractivity contribution in [2.24, 2.45) is 7.05 Å². The lowest BCUT2D eigenvalue weighted by Crippen LogP contribution is -2.30. The zero-order chi connectivity index (χ0) is 16.1. The maximum atomic E-state index is 12.5. The number of likely N-dealkylation sites (N-methyl/N-ethyl adjacent to an activating group) is 1. The van der Waals surface area contributed by atoms with Gasteiger partial charge in [0.15, 0.2) is 0 Å². The number of nitrogens with zero attached hydrogens (tertiary/aromatic N) is 2. The van der Waals surface area contributed by atoms with E-state index in [0.29, 0.717) is 17.2 Å². The SMILES string of the molecule is CNC(C(=O)Nc1cc(OC)cc(OC)c1)c1cnn(C)c1. The highest BCUT2D eigenvalue weighted by Crippen LogP contribution is 2.26. The number of methoxy groups -OCH3 is 2. The van der Waals surface area contributed by atoms with E-state index in [-0.39, 0.29) is 5.91 Å². The molecule has 2 aromatic rings. The van der Waals surface area contributed by atoms with Crippen LogP contribution in [-0.4, -0.2) is 37.0 Å². The van der Waals surface area contributed by atoms with Crippen LogP contribution in [0.3, 0.4) is 0 Å². The van der Waals surface area contributed by atoms with E-state index in [1.807, 2.05) is 0 Å². The predicted molar refractivity (Wildman–Crippen MR) is 83.2 cm³/mol. The lowest BCUT2D eigenvalue weighted by molar-refractivity contribution is -0.118. The Labute approximate surface area is 129 Å². The van der Waals surface area contributed by atoms with Gasteiger partial charge in [-0.1, -0.05) is 0 Å². The third kappa shape index (κ3) is 3.56. The molecule has 0 bridgehead atoms. The molecule has 1 aromatic carbocycles. The molecule has 1 heterocycles. The largest absolute Gasteiger partial charge is 0.497 e. The molecule has 1 amide bonds. The first-order chi connectivity index (χ1) is 10.6. The second kappa shape index (κ2) is 6.95. The van der Waals surface area contributed by atoms with Gasteiger partial charge in [0, 0.05) is 42.7 Å². The molecule has 0 saturated heterocycles. The first-order valence-electron chi connectivity index (χ1n) is 6.77. The van der Waals surface area contributed by atoms with Crippen LogP contribution in [0.4, 0.5) is 5.69 Å². The van der Waals surface area contributed by atoms with Gasteiger partial charge in [0.25, 0.3) is 0 Å². The van der Waals surface area contributed by atoms with Gasteiger partial charge in [-0.2, -0.15) is 5.10 Å². The van der Waals surface area contributed by atoms with Crippen LogP contribution in [0.5, 0.6) is 11.5 Å². The van der Waals surface area contributed by atoms with Gasteiger partial charge < -0.3 is 20.1 Å². The molecular formula is C15H20N4O3. The number of hydrogen-bond acceptors (Lipinski definition) is 5. The van der Waals surface area contributed by atoms with E-state index in [1.165, 1.54) is 0 Å². The fourth-order valence-corrected chi connectivity index (χ4v) is 2.13. The lowest BCUT2D eigenvalue weighted by Gasteiger charge is -2.15. The standard InChI is InChI=1S/C15H20N4O3/c1-16-14(10-8-17-19(2)9-10)15(20)18-11-5-12(21-3)7-13(6-11)22-4/h5-9,14,16H,1-4H3,(H,18,20). The van der Waals surface area contributed by atoms with Crippen LogP contribution in [0.15, 0.2) is 30.6 Å². The molecule has 7 nitrogen and oxygen atoms in total. The number of amides is 1. The van der Waals surface area contributed by atoms with E-state index in [0.717, 1.165) is 5.56 Å². The highest BCUT2D eigenvalue weighted by atomic mass is 16.5. The molecule has 7 heteroatoms. The summed E-state index contributed by atoms with van der Waals surface area (Å²) in [7, 11) is 6.66. The number of ether oxygens (including phenoxy) is 2. The van der Waals surface area contributed by atoms with Crippen LogP contribution in [-0.2, 0) is 11.8 Å². The Balaban J connectivity index is 2.19. The van der Waals surface area contributed by atoms with Gasteiger partial charge in [-0.25, -0.2) is 0 Å². The van der Waals surface area contributed by atoms with Gasteiger partial charge in [0.05, 0.1) is 20.4 Å². The van der Waals surface area contributed by atoms with E-state index in [9.17, 15) is 4.79 Å². The fraction of sp³-hybridized carbons (Fsp3) is 0.333. The van der Waals surface area contributed by atoms with Gasteiger partial charge in [0.1, 0.15) is 17.5 Å². The summed E-state index contributed by atoms with van der Waals surface area (Å²) >= 11 is 0. The molecule has 2 N–H and O–H groups in total. The number of aromatic nitrogens is 2. The second-order valence-electron chi connectivity index (χ2n) is 4.76. The summed E-state index contributed by atoms with van der Waals surface area (Å²) < 4.78 is 12.0. The van der Waals surface area contributed by atoms with Crippen molar-refractivity contribution in [2.45, 2.75) is 6.04 Å². The Morgan fingerprint density at radius 2 is 1.86 bits per heavy atom. The number of anilines is 1. The van der Waals surface area contributed by atoms with E-state index < -0.39 is 6.04 Å². The summed E-state index contributed by atoms with van der Waals surface area (Å²) in [4.78, 5) is 12.5. The smallest absolute Gasteiger partial charge is 0.246 e. The van der Waals surface area contributed by atoms with Gasteiger partial charge in [0.2, 0.25) is 5.91 Å². The number of carbonyl (C=O) groups is 1. The number of rotatable bonds is 6. The molecule has 2 rings (SSSR count). The van der Waals surface area contributed by atoms with E-state index in [4.69, 9.17) is 9.47 Å². The summed E-state index contributed by atoms with van der Waals surface area (Å²) in [5, 5.41) is 9.92. The summed E-state index contributed by atoms with van der Waals surface area (Å²) in [5.74, 6) is 1.03. The zero-order valence-corrected chi connectivity index (χ0v) is 13.1. The van der Waals surface area contributed by atoms with Crippen molar-refractivity contribution < 1.29 is 14.3 Å². The van der Waals surface area contributed by atoms with Gasteiger partial charge >= 0.3 is 0 Å². The van der Waals surface area contributed by atoms with Crippen LogP contribution in [0.25, 0.3) is 0 Å². The van der Waals surface area contributed by atoms with E-state index >= 15 is 0 Å². The lowest BCUT2D eigenvalue weighted by atomic mass is 10.1. The number of aryl methyl sites for hydroxylation is 1. The first kappa shape index (κ1) is 15.8. The summed E-state index contributed by atoms with van der Waals surface area (Å²) in [6, 6.07) is 4.71. The van der Waals surface area contributed by atoms with Crippen LogP contribution >= 0.6 is 0 Å². The van der Waals surface area contributed by atoms with Crippen molar-refractivity contribution in [1.82, 2.24) is 15.1 Å². The Hall–Kier alpha value is -2.54. The molecule has 1 aromatic heterocycles. The van der Waals surface area contributed by atoms with Crippen molar-refractivity contribution in [3.63, 3.8) is 0 Å². The maximum Gasteiger partial charge on any atom is 0.246 e. The monoisotopic (exact) mass is 304 g/mol. The molecule has 1 atom stereocenters. The fourth-order valence-electron chi connectivity index (χ4n) is 2.13. The predicted octanol–water partition coefficient (Wildman–Crippen LogP) is 1.34. The Bertz CT molecular complexity index is 632. The van der Waals surface area contributed by atoms with Crippen molar-refractivity contribution in [3.8, 4) is 11.5 Å². The molecule has 1 unspecified atom stereocenters. The quantitative estimate of drug-likeness (QED) is 0.842. The third-order valence-electron chi connectivity index (χ3n) is 3.23. The van der Waals surface area contributed by atoms with Crippen molar-refractivity contribution >= 4 is 11.6 Å². The van der Waals surface area contributed by atoms with Crippen LogP contribution < -0.4 is 20.1 Å². The van der Waals surface area contributed by atoms with Gasteiger partial charge in [-0.15, -0.1) is 0 Å². The van der Waals surface area contributed by atoms with Crippen molar-refractivity contribution in [1.29, 1.82) is 0 Å². The Morgan fingerprint density at radius 3 is 2.32 bits per heavy atom. The van der Waals surface area contributed by atoms with Crippen LogP contribution in [0, 0.1) is 0 Å². The number of hydrogen-bond donors (Lipinski definition) is 2. The normalized spacial score (nSPS) is 11.8. The summed E-state index contributed by atoms with van der Waals surface area (Å²) in [5.41, 5.74) is 1.39. The topological polar surface area (TPSA) is 77.4 Å². The minimum atomic E-state index is -0.495. The van der Waals surface area contributed by atoms with Crippen molar-refractivity contribution in [3.05, 3.63) is 36.2 Å². The Kier molecular flexibility index (Phi) is 5.00. The molecule has 0 fully saturated rings. The second-order valence-corrected chi connectivity index (χ2v) is 4.76. The van der Waals surface area contributed by atoms with E-state index in [2.05, 4.69) is 15.7 Å². The highest BCUT2D eigenvalue weighted by Gasteiger charge is 2.20. The molecule has 0 aliphatic rings. The summed E-state index contributed by atoms with van der Waals surface area (Å²) in [6.45, 7) is 0. The molecular weight excluding hydrogens is 284 g/mol. The minimum absolute atomic E-state index is 0.189. The number of nitrogens with one attached hydrogen (secondary N) is 2. The minimum Gasteiger partial charge on any atom is -0.497 e. The average Bonchev–Trinajstić information content (AvgIpc) is 2.93. The van der Waals surface area contributed by atoms with Crippen LogP contribution in [0.1, 0.15) is 11.6 Å². The Morgan fingerprint density at radius 1 is 1.23 bits per heavy atom. The summed E-state index contributed by atoms with van der Waals surface area (Å²) in [6.07, 6.45) is 3.46. The number of benzene rings is 1. The van der Waals surface area contributed by atoms with Crippen molar-refractivity contribution in [2.75, 3.05) is 26.6 Å². The highest BCUT2D eigenvalue weighted by molar-refractivity contribution is 5.95. The molecule has 22 heavy (non-hydrogen) atoms. The molecule has 0 spiro atoms.